The van der Waals surface area contributed by atoms with Crippen molar-refractivity contribution in [2.45, 2.75) is 44.6 Å². The first-order chi connectivity index (χ1) is 8.79. The number of aromatic nitrogens is 1. The van der Waals surface area contributed by atoms with E-state index in [9.17, 15) is 4.79 Å². The lowest BCUT2D eigenvalue weighted by molar-refractivity contribution is 0.0933. The maximum absolute atomic E-state index is 12.1. The first kappa shape index (κ1) is 12.8. The van der Waals surface area contributed by atoms with Crippen LogP contribution < -0.4 is 16.6 Å². The molecule has 0 atom stereocenters. The number of carbonyl (C=O) groups is 1. The monoisotopic (exact) mass is 248 g/mol. The standard InChI is InChI=1S/C13H20N4O/c14-17-12-9-10(7-8-15-12)13(18)16-11-5-3-1-2-4-6-11/h7-9,11H,1-6,14H2,(H,15,17)(H,16,18). The highest BCUT2D eigenvalue weighted by molar-refractivity contribution is 5.94. The number of hydrogen-bond donors (Lipinski definition) is 3. The van der Waals surface area contributed by atoms with E-state index in [2.05, 4.69) is 15.7 Å². The van der Waals surface area contributed by atoms with Gasteiger partial charge in [0.1, 0.15) is 5.82 Å². The van der Waals surface area contributed by atoms with Crippen LogP contribution in [-0.2, 0) is 0 Å². The Hall–Kier alpha value is -1.62. The second-order valence-corrected chi connectivity index (χ2v) is 4.74. The Bertz CT molecular complexity index is 400. The topological polar surface area (TPSA) is 80.0 Å². The molecule has 5 heteroatoms. The van der Waals surface area contributed by atoms with Crippen LogP contribution in [-0.4, -0.2) is 16.9 Å². The summed E-state index contributed by atoms with van der Waals surface area (Å²) in [7, 11) is 0. The predicted molar refractivity (Wildman–Crippen MR) is 71.0 cm³/mol. The molecule has 18 heavy (non-hydrogen) atoms. The Balaban J connectivity index is 1.97. The smallest absolute Gasteiger partial charge is 0.251 e. The SMILES string of the molecule is NNc1cc(C(=O)NC2CCCCCC2)ccn1. The third kappa shape index (κ3) is 3.43. The molecule has 1 aliphatic rings. The first-order valence-corrected chi connectivity index (χ1v) is 6.53. The zero-order valence-corrected chi connectivity index (χ0v) is 10.5. The van der Waals surface area contributed by atoms with Crippen molar-refractivity contribution in [3.8, 4) is 0 Å². The summed E-state index contributed by atoms with van der Waals surface area (Å²) in [6.07, 6.45) is 8.72. The Morgan fingerprint density at radius 1 is 1.28 bits per heavy atom. The first-order valence-electron chi connectivity index (χ1n) is 6.53. The number of amides is 1. The van der Waals surface area contributed by atoms with Crippen LogP contribution in [0.25, 0.3) is 0 Å². The minimum absolute atomic E-state index is 0.0409. The van der Waals surface area contributed by atoms with E-state index < -0.39 is 0 Å². The molecule has 0 spiro atoms. The molecule has 1 aromatic rings. The lowest BCUT2D eigenvalue weighted by Gasteiger charge is -2.16. The van der Waals surface area contributed by atoms with E-state index in [1.54, 1.807) is 18.3 Å². The van der Waals surface area contributed by atoms with Crippen molar-refractivity contribution < 1.29 is 4.79 Å². The molecule has 1 fully saturated rings. The fourth-order valence-corrected chi connectivity index (χ4v) is 2.34. The highest BCUT2D eigenvalue weighted by atomic mass is 16.1. The molecule has 4 N–H and O–H groups in total. The average molecular weight is 248 g/mol. The summed E-state index contributed by atoms with van der Waals surface area (Å²) in [6.45, 7) is 0. The van der Waals surface area contributed by atoms with Gasteiger partial charge in [0.05, 0.1) is 0 Å². The van der Waals surface area contributed by atoms with E-state index in [1.165, 1.54) is 25.7 Å². The van der Waals surface area contributed by atoms with Crippen LogP contribution in [0.1, 0.15) is 48.9 Å². The number of carbonyl (C=O) groups excluding carboxylic acids is 1. The van der Waals surface area contributed by atoms with Gasteiger partial charge < -0.3 is 10.7 Å². The zero-order chi connectivity index (χ0) is 12.8. The molecule has 0 aromatic carbocycles. The normalized spacial score (nSPS) is 16.9. The van der Waals surface area contributed by atoms with Gasteiger partial charge >= 0.3 is 0 Å². The lowest BCUT2D eigenvalue weighted by Crippen LogP contribution is -2.34. The van der Waals surface area contributed by atoms with E-state index >= 15 is 0 Å². The summed E-state index contributed by atoms with van der Waals surface area (Å²) in [5.74, 6) is 5.74. The third-order valence-electron chi connectivity index (χ3n) is 3.36. The Morgan fingerprint density at radius 3 is 2.67 bits per heavy atom. The maximum Gasteiger partial charge on any atom is 0.251 e. The molecule has 0 unspecified atom stereocenters. The van der Waals surface area contributed by atoms with Crippen molar-refractivity contribution in [1.29, 1.82) is 0 Å². The van der Waals surface area contributed by atoms with Gasteiger partial charge in [0.25, 0.3) is 5.91 Å². The van der Waals surface area contributed by atoms with Gasteiger partial charge in [-0.3, -0.25) is 4.79 Å². The fraction of sp³-hybridized carbons (Fsp3) is 0.538. The van der Waals surface area contributed by atoms with Crippen molar-refractivity contribution in [2.75, 3.05) is 5.43 Å². The number of anilines is 1. The van der Waals surface area contributed by atoms with E-state index in [0.29, 0.717) is 17.4 Å². The average Bonchev–Trinajstić information content (AvgIpc) is 2.67. The molecular formula is C13H20N4O. The van der Waals surface area contributed by atoms with Gasteiger partial charge in [0.15, 0.2) is 0 Å². The van der Waals surface area contributed by atoms with Gasteiger partial charge in [-0.25, -0.2) is 10.8 Å². The molecule has 98 valence electrons. The minimum Gasteiger partial charge on any atom is -0.349 e. The summed E-state index contributed by atoms with van der Waals surface area (Å²) in [6, 6.07) is 3.67. The summed E-state index contributed by atoms with van der Waals surface area (Å²) < 4.78 is 0. The number of nitrogens with two attached hydrogens (primary N) is 1. The highest BCUT2D eigenvalue weighted by Gasteiger charge is 2.15. The number of hydrazine groups is 1. The van der Waals surface area contributed by atoms with Gasteiger partial charge in [-0.15, -0.1) is 0 Å². The van der Waals surface area contributed by atoms with Gasteiger partial charge in [-0.1, -0.05) is 25.7 Å². The van der Waals surface area contributed by atoms with E-state index in [1.807, 2.05) is 0 Å². The van der Waals surface area contributed by atoms with Crippen LogP contribution in [0.3, 0.4) is 0 Å². The molecule has 1 aliphatic carbocycles. The van der Waals surface area contributed by atoms with Crippen molar-refractivity contribution in [1.82, 2.24) is 10.3 Å². The number of rotatable bonds is 3. The summed E-state index contributed by atoms with van der Waals surface area (Å²) in [4.78, 5) is 16.1. The fourth-order valence-electron chi connectivity index (χ4n) is 2.34. The Labute approximate surface area is 107 Å². The van der Waals surface area contributed by atoms with Crippen LogP contribution in [0, 0.1) is 0 Å². The van der Waals surface area contributed by atoms with E-state index in [-0.39, 0.29) is 5.91 Å². The van der Waals surface area contributed by atoms with Crippen LogP contribution in [0.4, 0.5) is 5.82 Å². The van der Waals surface area contributed by atoms with Crippen LogP contribution in [0.5, 0.6) is 0 Å². The van der Waals surface area contributed by atoms with Gasteiger partial charge in [-0.2, -0.15) is 0 Å². The third-order valence-corrected chi connectivity index (χ3v) is 3.36. The molecule has 0 bridgehead atoms. The van der Waals surface area contributed by atoms with E-state index in [4.69, 9.17) is 5.84 Å². The second kappa shape index (κ2) is 6.35. The summed E-state index contributed by atoms with van der Waals surface area (Å²) >= 11 is 0. The van der Waals surface area contributed by atoms with Crippen LogP contribution >= 0.6 is 0 Å². The number of nitrogens with one attached hydrogen (secondary N) is 2. The number of nitrogens with zero attached hydrogens (tertiary/aromatic N) is 1. The summed E-state index contributed by atoms with van der Waals surface area (Å²) in [5.41, 5.74) is 3.04. The maximum atomic E-state index is 12.1. The molecule has 1 amide bonds. The number of nitrogen functional groups attached to an aromatic ring is 1. The van der Waals surface area contributed by atoms with E-state index in [0.717, 1.165) is 12.8 Å². The summed E-state index contributed by atoms with van der Waals surface area (Å²) in [5, 5.41) is 3.09. The minimum atomic E-state index is -0.0409. The zero-order valence-electron chi connectivity index (χ0n) is 10.5. The molecule has 1 saturated carbocycles. The molecule has 5 nitrogen and oxygen atoms in total. The number of pyridine rings is 1. The lowest BCUT2D eigenvalue weighted by atomic mass is 10.1. The Kier molecular flexibility index (Phi) is 4.52. The quantitative estimate of drug-likeness (QED) is 0.433. The molecule has 1 aromatic heterocycles. The highest BCUT2D eigenvalue weighted by Crippen LogP contribution is 2.17. The number of hydrogen-bond acceptors (Lipinski definition) is 4. The van der Waals surface area contributed by atoms with Crippen LogP contribution in [0.2, 0.25) is 0 Å². The van der Waals surface area contributed by atoms with Gasteiger partial charge in [-0.05, 0) is 25.0 Å². The van der Waals surface area contributed by atoms with Gasteiger partial charge in [0.2, 0.25) is 0 Å². The largest absolute Gasteiger partial charge is 0.349 e. The van der Waals surface area contributed by atoms with Crippen LogP contribution in [0.15, 0.2) is 18.3 Å². The second-order valence-electron chi connectivity index (χ2n) is 4.74. The predicted octanol–water partition coefficient (Wildman–Crippen LogP) is 1.82. The Morgan fingerprint density at radius 2 is 2.00 bits per heavy atom. The van der Waals surface area contributed by atoms with Crippen molar-refractivity contribution in [3.63, 3.8) is 0 Å². The van der Waals surface area contributed by atoms with Crippen molar-refractivity contribution in [3.05, 3.63) is 23.9 Å². The molecule has 1 heterocycles. The van der Waals surface area contributed by atoms with Crippen molar-refractivity contribution >= 4 is 11.7 Å². The molecule has 0 saturated heterocycles. The molecular weight excluding hydrogens is 228 g/mol. The van der Waals surface area contributed by atoms with Gasteiger partial charge in [0, 0.05) is 17.8 Å². The molecule has 0 radical (unpaired) electrons. The van der Waals surface area contributed by atoms with Crippen molar-refractivity contribution in [2.24, 2.45) is 5.84 Å². The molecule has 0 aliphatic heterocycles. The molecule has 2 rings (SSSR count).